The molecule has 38 heavy (non-hydrogen) atoms. The average molecular weight is 536 g/mol. The zero-order chi connectivity index (χ0) is 28.3. The lowest BCUT2D eigenvalue weighted by atomic mass is 9.83. The summed E-state index contributed by atoms with van der Waals surface area (Å²) in [5.41, 5.74) is 4.41. The molecule has 11 heteroatoms. The summed E-state index contributed by atoms with van der Waals surface area (Å²) < 4.78 is 43.9. The van der Waals surface area contributed by atoms with Crippen LogP contribution in [0, 0.1) is 0 Å². The van der Waals surface area contributed by atoms with E-state index in [2.05, 4.69) is 5.32 Å². The number of alkyl halides is 3. The Hall–Kier alpha value is -3.60. The molecule has 4 N–H and O–H groups in total. The van der Waals surface area contributed by atoms with Crippen molar-refractivity contribution >= 4 is 17.9 Å². The summed E-state index contributed by atoms with van der Waals surface area (Å²) in [6, 6.07) is 10.4. The average Bonchev–Trinajstić information content (AvgIpc) is 2.83. The van der Waals surface area contributed by atoms with E-state index < -0.39 is 46.8 Å². The molecule has 1 aliphatic heterocycles. The maximum absolute atomic E-state index is 13.6. The Bertz CT molecular complexity index is 1150. The number of carboxylic acid groups (broad SMARTS) is 1. The van der Waals surface area contributed by atoms with Crippen LogP contribution in [0.2, 0.25) is 0 Å². The monoisotopic (exact) mass is 535 g/mol. The molecular formula is C27H32F3N3O5. The van der Waals surface area contributed by atoms with E-state index >= 15 is 0 Å². The number of rotatable bonds is 7. The van der Waals surface area contributed by atoms with Gasteiger partial charge in [-0.3, -0.25) is 14.5 Å². The van der Waals surface area contributed by atoms with Crippen LogP contribution in [0.25, 0.3) is 11.1 Å². The molecule has 2 aromatic carbocycles. The highest BCUT2D eigenvalue weighted by Gasteiger charge is 2.52. The molecule has 0 aliphatic carbocycles. The van der Waals surface area contributed by atoms with Crippen LogP contribution in [-0.4, -0.2) is 58.2 Å². The van der Waals surface area contributed by atoms with Crippen molar-refractivity contribution in [3.8, 4) is 11.1 Å². The van der Waals surface area contributed by atoms with Crippen LogP contribution < -0.4 is 11.1 Å². The van der Waals surface area contributed by atoms with Crippen LogP contribution in [0.4, 0.5) is 18.0 Å². The number of ether oxygens (including phenoxy) is 1. The Balaban J connectivity index is 1.80. The highest BCUT2D eigenvalue weighted by molar-refractivity contribution is 5.94. The van der Waals surface area contributed by atoms with Gasteiger partial charge in [0.05, 0.1) is 5.56 Å². The van der Waals surface area contributed by atoms with E-state index in [0.29, 0.717) is 16.7 Å². The summed E-state index contributed by atoms with van der Waals surface area (Å²) >= 11 is 0. The smallest absolute Gasteiger partial charge is 0.416 e. The standard InChI is InChI=1S/C27H32F3N3O5/c1-25(2,3)33(24(36)37)26(12-14-38-15-13-26)23(35)32-21(22(31)34)16-17-4-6-18(7-5-17)19-8-10-20(11-9-19)27(28,29)30/h4-11,21H,12-16H2,1-3H3,(H2,31,34)(H,32,35)(H,36,37). The van der Waals surface area contributed by atoms with Crippen LogP contribution in [0.3, 0.4) is 0 Å². The Morgan fingerprint density at radius 1 is 1.00 bits per heavy atom. The molecule has 3 amide bonds. The second-order valence-electron chi connectivity index (χ2n) is 10.3. The van der Waals surface area contributed by atoms with Crippen molar-refractivity contribution in [2.45, 2.75) is 63.3 Å². The van der Waals surface area contributed by atoms with E-state index in [1.165, 1.54) is 12.1 Å². The molecule has 0 bridgehead atoms. The third-order valence-electron chi connectivity index (χ3n) is 6.62. The van der Waals surface area contributed by atoms with Crippen molar-refractivity contribution < 1.29 is 37.4 Å². The molecular weight excluding hydrogens is 503 g/mol. The van der Waals surface area contributed by atoms with Crippen molar-refractivity contribution in [1.29, 1.82) is 0 Å². The number of halogens is 3. The van der Waals surface area contributed by atoms with E-state index in [0.717, 1.165) is 17.0 Å². The van der Waals surface area contributed by atoms with Crippen LogP contribution in [-0.2, 0) is 26.9 Å². The number of hydrogen-bond donors (Lipinski definition) is 3. The fourth-order valence-electron chi connectivity index (χ4n) is 4.81. The lowest BCUT2D eigenvalue weighted by molar-refractivity contribution is -0.145. The minimum atomic E-state index is -4.42. The largest absolute Gasteiger partial charge is 0.465 e. The molecule has 0 radical (unpaired) electrons. The lowest BCUT2D eigenvalue weighted by Gasteiger charge is -2.49. The predicted octanol–water partition coefficient (Wildman–Crippen LogP) is 4.21. The molecule has 1 heterocycles. The Morgan fingerprint density at radius 2 is 1.50 bits per heavy atom. The molecule has 0 aromatic heterocycles. The van der Waals surface area contributed by atoms with E-state index in [1.54, 1.807) is 45.0 Å². The number of hydrogen-bond acceptors (Lipinski definition) is 4. The maximum atomic E-state index is 13.6. The van der Waals surface area contributed by atoms with E-state index in [-0.39, 0.29) is 32.5 Å². The number of nitrogens with zero attached hydrogens (tertiary/aromatic N) is 1. The fourth-order valence-corrected chi connectivity index (χ4v) is 4.81. The van der Waals surface area contributed by atoms with Crippen molar-refractivity contribution in [1.82, 2.24) is 10.2 Å². The molecule has 8 nitrogen and oxygen atoms in total. The van der Waals surface area contributed by atoms with Gasteiger partial charge in [0.1, 0.15) is 11.6 Å². The highest BCUT2D eigenvalue weighted by Crippen LogP contribution is 2.35. The van der Waals surface area contributed by atoms with Crippen LogP contribution in [0.1, 0.15) is 44.7 Å². The van der Waals surface area contributed by atoms with Gasteiger partial charge in [-0.25, -0.2) is 4.79 Å². The van der Waals surface area contributed by atoms with E-state index in [9.17, 15) is 32.7 Å². The first-order valence-electron chi connectivity index (χ1n) is 12.1. The number of carbonyl (C=O) groups excluding carboxylic acids is 2. The van der Waals surface area contributed by atoms with Gasteiger partial charge in [0.25, 0.3) is 0 Å². The molecule has 1 atom stereocenters. The van der Waals surface area contributed by atoms with Crippen molar-refractivity contribution in [3.05, 3.63) is 59.7 Å². The number of amides is 3. The van der Waals surface area contributed by atoms with Gasteiger partial charge in [0.2, 0.25) is 11.8 Å². The summed E-state index contributed by atoms with van der Waals surface area (Å²) in [7, 11) is 0. The van der Waals surface area contributed by atoms with Crippen molar-refractivity contribution in [2.24, 2.45) is 5.73 Å². The lowest BCUT2D eigenvalue weighted by Crippen LogP contribution is -2.69. The zero-order valence-electron chi connectivity index (χ0n) is 21.5. The highest BCUT2D eigenvalue weighted by atomic mass is 19.4. The first-order chi connectivity index (χ1) is 17.6. The predicted molar refractivity (Wildman–Crippen MR) is 134 cm³/mol. The number of benzene rings is 2. The summed E-state index contributed by atoms with van der Waals surface area (Å²) in [5.74, 6) is -1.41. The molecule has 1 saturated heterocycles. The molecule has 1 fully saturated rings. The summed E-state index contributed by atoms with van der Waals surface area (Å²) in [6.45, 7) is 5.43. The van der Waals surface area contributed by atoms with Crippen molar-refractivity contribution in [3.63, 3.8) is 0 Å². The summed E-state index contributed by atoms with van der Waals surface area (Å²) in [5, 5.41) is 12.7. The van der Waals surface area contributed by atoms with Gasteiger partial charge in [-0.2, -0.15) is 13.2 Å². The number of nitrogens with two attached hydrogens (primary N) is 1. The van der Waals surface area contributed by atoms with Crippen LogP contribution in [0.15, 0.2) is 48.5 Å². The zero-order valence-corrected chi connectivity index (χ0v) is 21.5. The second-order valence-corrected chi connectivity index (χ2v) is 10.3. The number of nitrogens with one attached hydrogen (secondary N) is 1. The van der Waals surface area contributed by atoms with Crippen molar-refractivity contribution in [2.75, 3.05) is 13.2 Å². The Kier molecular flexibility index (Phi) is 8.40. The minimum absolute atomic E-state index is 0.0452. The van der Waals surface area contributed by atoms with Gasteiger partial charge in [0, 0.05) is 38.0 Å². The van der Waals surface area contributed by atoms with E-state index in [4.69, 9.17) is 10.5 Å². The third kappa shape index (κ3) is 6.45. The number of primary amides is 1. The van der Waals surface area contributed by atoms with Gasteiger partial charge in [0.15, 0.2) is 0 Å². The van der Waals surface area contributed by atoms with E-state index in [1.807, 2.05) is 0 Å². The maximum Gasteiger partial charge on any atom is 0.416 e. The first-order valence-corrected chi connectivity index (χ1v) is 12.1. The SMILES string of the molecule is CC(C)(C)N(C(=O)O)C1(C(=O)NC(Cc2ccc(-c3ccc(C(F)(F)F)cc3)cc2)C(N)=O)CCOCC1. The second kappa shape index (κ2) is 11.0. The van der Waals surface area contributed by atoms with Gasteiger partial charge in [-0.1, -0.05) is 36.4 Å². The minimum Gasteiger partial charge on any atom is -0.465 e. The van der Waals surface area contributed by atoms with Crippen LogP contribution >= 0.6 is 0 Å². The fraction of sp³-hybridized carbons (Fsp3) is 0.444. The van der Waals surface area contributed by atoms with Crippen LogP contribution in [0.5, 0.6) is 0 Å². The molecule has 2 aromatic rings. The molecule has 0 saturated carbocycles. The molecule has 206 valence electrons. The van der Waals surface area contributed by atoms with Gasteiger partial charge in [-0.05, 0) is 49.6 Å². The Labute approximate surface area is 218 Å². The normalized spacial score (nSPS) is 16.4. The molecule has 0 spiro atoms. The molecule has 1 aliphatic rings. The quantitative estimate of drug-likeness (QED) is 0.490. The molecule has 1 unspecified atom stereocenters. The topological polar surface area (TPSA) is 122 Å². The summed E-state index contributed by atoms with van der Waals surface area (Å²) in [4.78, 5) is 39.2. The summed E-state index contributed by atoms with van der Waals surface area (Å²) in [6.07, 6.45) is -5.40. The first kappa shape index (κ1) is 29.0. The number of carbonyl (C=O) groups is 3. The van der Waals surface area contributed by atoms with Gasteiger partial charge in [-0.15, -0.1) is 0 Å². The van der Waals surface area contributed by atoms with Gasteiger partial charge >= 0.3 is 12.3 Å². The third-order valence-corrected chi connectivity index (χ3v) is 6.62. The van der Waals surface area contributed by atoms with Gasteiger partial charge < -0.3 is 20.9 Å². The molecule has 3 rings (SSSR count). The Morgan fingerprint density at radius 3 is 1.92 bits per heavy atom.